The van der Waals surface area contributed by atoms with Gasteiger partial charge in [0.05, 0.1) is 39.6 Å². The highest BCUT2D eigenvalue weighted by atomic mass is 16.6. The first-order valence-electron chi connectivity index (χ1n) is 14.5. The smallest absolute Gasteiger partial charge is 0.330 e. The summed E-state index contributed by atoms with van der Waals surface area (Å²) in [6.07, 6.45) is 1.72. The van der Waals surface area contributed by atoms with Gasteiger partial charge in [0.25, 0.3) is 11.1 Å². The summed E-state index contributed by atoms with van der Waals surface area (Å²) in [4.78, 5) is 50.2. The maximum Gasteiger partial charge on any atom is 0.330 e. The van der Waals surface area contributed by atoms with E-state index < -0.39 is 28.6 Å². The van der Waals surface area contributed by atoms with Gasteiger partial charge in [-0.25, -0.2) is 9.59 Å². The lowest BCUT2D eigenvalue weighted by molar-refractivity contribution is -0.0883. The van der Waals surface area contributed by atoms with Crippen molar-refractivity contribution in [3.8, 4) is 0 Å². The van der Waals surface area contributed by atoms with Crippen molar-refractivity contribution in [1.82, 2.24) is 19.1 Å². The average Bonchev–Trinajstić information content (AvgIpc) is 3.06. The van der Waals surface area contributed by atoms with E-state index in [1.54, 1.807) is 13.8 Å². The van der Waals surface area contributed by atoms with Crippen molar-refractivity contribution in [3.05, 3.63) is 137 Å². The Kier molecular flexibility index (Phi) is 15.0. The number of aliphatic hydroxyl groups excluding tert-OH is 2. The molecule has 4 aromatic rings. The minimum absolute atomic E-state index is 0.00941. The van der Waals surface area contributed by atoms with Crippen molar-refractivity contribution < 1.29 is 29.2 Å². The van der Waals surface area contributed by atoms with Crippen LogP contribution < -0.4 is 22.5 Å². The lowest BCUT2D eigenvalue weighted by Crippen LogP contribution is -2.34. The van der Waals surface area contributed by atoms with E-state index in [0.29, 0.717) is 37.6 Å². The lowest BCUT2D eigenvalue weighted by Gasteiger charge is -2.19. The minimum Gasteiger partial charge on any atom is -0.394 e. The van der Waals surface area contributed by atoms with Crippen molar-refractivity contribution >= 4 is 0 Å². The summed E-state index contributed by atoms with van der Waals surface area (Å²) in [6, 6.07) is 19.7. The quantitative estimate of drug-likeness (QED) is 0.136. The van der Waals surface area contributed by atoms with E-state index in [4.69, 9.17) is 29.2 Å². The van der Waals surface area contributed by atoms with Crippen LogP contribution in [0.15, 0.2) is 92.2 Å². The second-order valence-electron chi connectivity index (χ2n) is 10.3. The fraction of sp³-hybridized carbons (Fsp3) is 0.375. The Morgan fingerprint density at radius 1 is 0.630 bits per heavy atom. The van der Waals surface area contributed by atoms with E-state index >= 15 is 0 Å². The molecular weight excluding hydrogens is 600 g/mol. The van der Waals surface area contributed by atoms with Gasteiger partial charge in [0, 0.05) is 23.5 Å². The van der Waals surface area contributed by atoms with Crippen molar-refractivity contribution in [2.24, 2.45) is 0 Å². The summed E-state index contributed by atoms with van der Waals surface area (Å²) in [5.74, 6) is 0. The first-order valence-corrected chi connectivity index (χ1v) is 14.5. The third-order valence-electron chi connectivity index (χ3n) is 6.51. The first kappa shape index (κ1) is 36.0. The molecule has 0 saturated heterocycles. The number of hydrogen-bond acceptors (Lipinski definition) is 10. The number of hydrogen-bond donors (Lipinski definition) is 4. The van der Waals surface area contributed by atoms with E-state index in [9.17, 15) is 19.2 Å². The molecule has 0 bridgehead atoms. The van der Waals surface area contributed by atoms with E-state index in [2.05, 4.69) is 9.97 Å². The Hall–Kier alpha value is -4.44. The SMILES string of the molecule is Cc1cn(COC(CO)CO)c(=O)[nH]c1=O.Cc1cn(COC(COCc2ccccc2)COCc2ccccc2)c(=O)[nH]c1=O. The van der Waals surface area contributed by atoms with Crippen molar-refractivity contribution in [3.63, 3.8) is 0 Å². The molecule has 0 atom stereocenters. The number of nitrogens with zero attached hydrogens (tertiary/aromatic N) is 2. The summed E-state index contributed by atoms with van der Waals surface area (Å²) in [5.41, 5.74) is 1.00. The summed E-state index contributed by atoms with van der Waals surface area (Å²) < 4.78 is 25.0. The Balaban J connectivity index is 0.000000304. The predicted octanol–water partition coefficient (Wildman–Crippen LogP) is 0.794. The topological polar surface area (TPSA) is 187 Å². The Morgan fingerprint density at radius 2 is 1.02 bits per heavy atom. The molecule has 46 heavy (non-hydrogen) atoms. The van der Waals surface area contributed by atoms with Gasteiger partial charge in [0.1, 0.15) is 25.7 Å². The van der Waals surface area contributed by atoms with E-state index in [1.165, 1.54) is 17.0 Å². The molecule has 248 valence electrons. The van der Waals surface area contributed by atoms with E-state index in [-0.39, 0.29) is 32.8 Å². The van der Waals surface area contributed by atoms with Crippen molar-refractivity contribution in [2.75, 3.05) is 26.4 Å². The number of aryl methyl sites for hydroxylation is 2. The normalized spacial score (nSPS) is 11.1. The molecule has 2 heterocycles. The molecule has 0 fully saturated rings. The zero-order valence-corrected chi connectivity index (χ0v) is 25.8. The zero-order chi connectivity index (χ0) is 33.3. The van der Waals surface area contributed by atoms with Crippen LogP contribution in [0.25, 0.3) is 0 Å². The van der Waals surface area contributed by atoms with Gasteiger partial charge in [-0.05, 0) is 25.0 Å². The fourth-order valence-corrected chi connectivity index (χ4v) is 3.87. The van der Waals surface area contributed by atoms with Gasteiger partial charge < -0.3 is 29.2 Å². The van der Waals surface area contributed by atoms with Crippen molar-refractivity contribution in [1.29, 1.82) is 0 Å². The summed E-state index contributed by atoms with van der Waals surface area (Å²) in [6.45, 7) is 3.90. The molecule has 0 amide bonds. The maximum absolute atomic E-state index is 12.0. The molecule has 14 nitrogen and oxygen atoms in total. The molecule has 2 aromatic heterocycles. The summed E-state index contributed by atoms with van der Waals surface area (Å²) in [5, 5.41) is 17.5. The highest BCUT2D eigenvalue weighted by Crippen LogP contribution is 2.06. The molecule has 0 spiro atoms. The van der Waals surface area contributed by atoms with Crippen LogP contribution in [0.2, 0.25) is 0 Å². The van der Waals surface area contributed by atoms with Crippen LogP contribution in [0.3, 0.4) is 0 Å². The number of H-pyrrole nitrogens is 2. The number of aromatic nitrogens is 4. The third-order valence-corrected chi connectivity index (χ3v) is 6.51. The van der Waals surface area contributed by atoms with E-state index in [1.807, 2.05) is 60.7 Å². The van der Waals surface area contributed by atoms with Crippen LogP contribution >= 0.6 is 0 Å². The van der Waals surface area contributed by atoms with E-state index in [0.717, 1.165) is 15.7 Å². The average molecular weight is 641 g/mol. The number of aromatic amines is 2. The third kappa shape index (κ3) is 12.2. The van der Waals surface area contributed by atoms with Crippen LogP contribution in [0, 0.1) is 13.8 Å². The molecule has 0 saturated carbocycles. The maximum atomic E-state index is 12.0. The predicted molar refractivity (Wildman–Crippen MR) is 168 cm³/mol. The second-order valence-corrected chi connectivity index (χ2v) is 10.3. The highest BCUT2D eigenvalue weighted by Gasteiger charge is 2.12. The lowest BCUT2D eigenvalue weighted by atomic mass is 10.2. The van der Waals surface area contributed by atoms with Gasteiger partial charge in [-0.2, -0.15) is 0 Å². The van der Waals surface area contributed by atoms with Crippen LogP contribution in [0.1, 0.15) is 22.3 Å². The molecule has 14 heteroatoms. The number of rotatable bonds is 16. The number of ether oxygens (including phenoxy) is 4. The standard InChI is InChI=1S/C23H26N2O5.C9H14N2O5/c1-18-12-25(23(27)24-22(18)26)17-30-21(15-28-13-19-8-4-2-5-9-19)16-29-14-20-10-6-3-7-11-20;1-6-2-11(9(15)10-8(6)14)5-16-7(3-12)4-13/h2-12,21H,13-17H2,1H3,(H,24,26,27);2,7,12-13H,3-5H2,1H3,(H,10,14,15). The van der Waals surface area contributed by atoms with Crippen molar-refractivity contribution in [2.45, 2.75) is 52.7 Å². The monoisotopic (exact) mass is 640 g/mol. The largest absolute Gasteiger partial charge is 0.394 e. The van der Waals surface area contributed by atoms with Crippen LogP contribution in [-0.2, 0) is 45.6 Å². The Labute approximate surface area is 264 Å². The first-order chi connectivity index (χ1) is 22.2. The summed E-state index contributed by atoms with van der Waals surface area (Å²) >= 11 is 0. The second kappa shape index (κ2) is 19.2. The van der Waals surface area contributed by atoms with Gasteiger partial charge >= 0.3 is 11.4 Å². The molecule has 2 aromatic carbocycles. The highest BCUT2D eigenvalue weighted by molar-refractivity contribution is 5.14. The van der Waals surface area contributed by atoms with Gasteiger partial charge in [-0.1, -0.05) is 60.7 Å². The number of benzene rings is 2. The van der Waals surface area contributed by atoms with Crippen LogP contribution in [-0.4, -0.2) is 68.0 Å². The van der Waals surface area contributed by atoms with Gasteiger partial charge in [0.15, 0.2) is 0 Å². The minimum atomic E-state index is -0.737. The Morgan fingerprint density at radius 3 is 1.41 bits per heavy atom. The van der Waals surface area contributed by atoms with Gasteiger partial charge in [0.2, 0.25) is 0 Å². The molecule has 4 N–H and O–H groups in total. The fourth-order valence-electron chi connectivity index (χ4n) is 3.87. The molecule has 0 aliphatic rings. The molecule has 0 aliphatic carbocycles. The zero-order valence-electron chi connectivity index (χ0n) is 25.8. The van der Waals surface area contributed by atoms with Crippen LogP contribution in [0.4, 0.5) is 0 Å². The van der Waals surface area contributed by atoms with Gasteiger partial charge in [-0.3, -0.25) is 28.7 Å². The molecule has 0 unspecified atom stereocenters. The molecule has 0 aliphatic heterocycles. The molecular formula is C32H40N4O10. The Bertz CT molecular complexity index is 1650. The number of nitrogens with one attached hydrogen (secondary N) is 2. The molecule has 0 radical (unpaired) electrons. The van der Waals surface area contributed by atoms with Crippen LogP contribution in [0.5, 0.6) is 0 Å². The van der Waals surface area contributed by atoms with Gasteiger partial charge in [-0.15, -0.1) is 0 Å². The number of aliphatic hydroxyl groups is 2. The summed E-state index contributed by atoms with van der Waals surface area (Å²) in [7, 11) is 0. The molecule has 4 rings (SSSR count).